The van der Waals surface area contributed by atoms with Gasteiger partial charge in [0.15, 0.2) is 0 Å². The maximum absolute atomic E-state index is 4.67. The van der Waals surface area contributed by atoms with Crippen molar-refractivity contribution in [2.24, 2.45) is 15.8 Å². The van der Waals surface area contributed by atoms with Crippen molar-refractivity contribution in [1.82, 2.24) is 5.32 Å². The first kappa shape index (κ1) is 12.3. The zero-order valence-electron chi connectivity index (χ0n) is 10.8. The van der Waals surface area contributed by atoms with Gasteiger partial charge >= 0.3 is 0 Å². The lowest BCUT2D eigenvalue weighted by atomic mass is 9.73. The Morgan fingerprint density at radius 3 is 2.07 bits per heavy atom. The van der Waals surface area contributed by atoms with Crippen LogP contribution in [0.3, 0.4) is 0 Å². The minimum absolute atomic E-state index is 0.188. The van der Waals surface area contributed by atoms with Gasteiger partial charge in [0, 0.05) is 6.21 Å². The molecule has 0 aromatic rings. The van der Waals surface area contributed by atoms with Crippen LogP contribution in [0.2, 0.25) is 0 Å². The lowest BCUT2D eigenvalue weighted by Crippen LogP contribution is -2.50. The molecule has 2 atom stereocenters. The van der Waals surface area contributed by atoms with Gasteiger partial charge in [0.05, 0.1) is 12.1 Å². The second-order valence-electron chi connectivity index (χ2n) is 6.48. The van der Waals surface area contributed by atoms with Crippen LogP contribution in [-0.4, -0.2) is 18.3 Å². The molecule has 0 saturated carbocycles. The van der Waals surface area contributed by atoms with E-state index in [2.05, 4.69) is 51.9 Å². The average Bonchev–Trinajstić information content (AvgIpc) is 2.24. The maximum atomic E-state index is 4.67. The molecule has 0 bridgehead atoms. The minimum Gasteiger partial charge on any atom is -0.385 e. The minimum atomic E-state index is 0.188. The first-order valence-electron chi connectivity index (χ1n) is 5.67. The SMILES string of the molecule is CC(C)(C)[C@@H]1NC=CC=N[C@@H]1C(C)(C)C. The standard InChI is InChI=1S/C13H24N2/c1-12(2,3)10-11(13(4,5)6)15-9-7-8-14-10/h7-11,14H,1-6H3/t10-,11+/m1/s1. The molecule has 1 N–H and O–H groups in total. The smallest absolute Gasteiger partial charge is 0.0753 e. The van der Waals surface area contributed by atoms with Crippen molar-refractivity contribution >= 4 is 6.21 Å². The highest BCUT2D eigenvalue weighted by molar-refractivity contribution is 5.71. The second kappa shape index (κ2) is 3.99. The van der Waals surface area contributed by atoms with Gasteiger partial charge in [-0.25, -0.2) is 0 Å². The van der Waals surface area contributed by atoms with Crippen molar-refractivity contribution < 1.29 is 0 Å². The van der Waals surface area contributed by atoms with E-state index in [0.717, 1.165) is 0 Å². The first-order chi connectivity index (χ1) is 6.73. The summed E-state index contributed by atoms with van der Waals surface area (Å²) in [6.45, 7) is 13.5. The molecule has 0 unspecified atom stereocenters. The van der Waals surface area contributed by atoms with Gasteiger partial charge in [-0.2, -0.15) is 0 Å². The Kier molecular flexibility index (Phi) is 3.27. The van der Waals surface area contributed by atoms with Gasteiger partial charge in [0.1, 0.15) is 0 Å². The molecular formula is C13H24N2. The molecular weight excluding hydrogens is 184 g/mol. The molecule has 2 nitrogen and oxygen atoms in total. The first-order valence-corrected chi connectivity index (χ1v) is 5.67. The molecule has 0 amide bonds. The lowest BCUT2D eigenvalue weighted by molar-refractivity contribution is 0.175. The van der Waals surface area contributed by atoms with E-state index in [1.165, 1.54) is 0 Å². The summed E-state index contributed by atoms with van der Waals surface area (Å²) in [4.78, 5) is 4.67. The topological polar surface area (TPSA) is 24.4 Å². The molecule has 0 saturated heterocycles. The van der Waals surface area contributed by atoms with Crippen molar-refractivity contribution in [3.63, 3.8) is 0 Å². The molecule has 0 fully saturated rings. The number of hydrogen-bond donors (Lipinski definition) is 1. The van der Waals surface area contributed by atoms with Gasteiger partial charge in [0.2, 0.25) is 0 Å². The van der Waals surface area contributed by atoms with E-state index >= 15 is 0 Å². The van der Waals surface area contributed by atoms with Crippen LogP contribution >= 0.6 is 0 Å². The van der Waals surface area contributed by atoms with Gasteiger partial charge in [-0.1, -0.05) is 41.5 Å². The molecule has 0 spiro atoms. The Bertz CT molecular complexity index is 263. The predicted molar refractivity (Wildman–Crippen MR) is 67.3 cm³/mol. The van der Waals surface area contributed by atoms with Crippen molar-refractivity contribution in [1.29, 1.82) is 0 Å². The molecule has 0 aromatic heterocycles. The second-order valence-corrected chi connectivity index (χ2v) is 6.48. The van der Waals surface area contributed by atoms with Crippen LogP contribution in [0.4, 0.5) is 0 Å². The number of nitrogens with zero attached hydrogens (tertiary/aromatic N) is 1. The summed E-state index contributed by atoms with van der Waals surface area (Å²) in [7, 11) is 0. The van der Waals surface area contributed by atoms with Gasteiger partial charge in [-0.05, 0) is 23.1 Å². The Hall–Kier alpha value is -0.790. The fraction of sp³-hybridized carbons (Fsp3) is 0.769. The predicted octanol–water partition coefficient (Wildman–Crippen LogP) is 3.00. The number of rotatable bonds is 0. The fourth-order valence-electron chi connectivity index (χ4n) is 1.97. The number of aliphatic imine (C=N–C) groups is 1. The van der Waals surface area contributed by atoms with Crippen LogP contribution in [0.5, 0.6) is 0 Å². The van der Waals surface area contributed by atoms with Crippen LogP contribution in [-0.2, 0) is 0 Å². The Labute approximate surface area is 93.9 Å². The molecule has 15 heavy (non-hydrogen) atoms. The van der Waals surface area contributed by atoms with E-state index in [1.54, 1.807) is 0 Å². The molecule has 1 aliphatic heterocycles. The summed E-state index contributed by atoms with van der Waals surface area (Å²) in [6, 6.07) is 0.694. The Morgan fingerprint density at radius 1 is 1.00 bits per heavy atom. The third kappa shape index (κ3) is 3.08. The van der Waals surface area contributed by atoms with E-state index in [-0.39, 0.29) is 10.8 Å². The zero-order valence-corrected chi connectivity index (χ0v) is 10.8. The summed E-state index contributed by atoms with van der Waals surface area (Å²) in [5, 5.41) is 3.47. The highest BCUT2D eigenvalue weighted by Crippen LogP contribution is 2.33. The van der Waals surface area contributed by atoms with Gasteiger partial charge < -0.3 is 5.32 Å². The van der Waals surface area contributed by atoms with Crippen LogP contribution in [0, 0.1) is 10.8 Å². The molecule has 0 radical (unpaired) electrons. The van der Waals surface area contributed by atoms with Gasteiger partial charge in [-0.15, -0.1) is 0 Å². The molecule has 2 heteroatoms. The number of hydrogen-bond acceptors (Lipinski definition) is 2. The molecule has 86 valence electrons. The summed E-state index contributed by atoms with van der Waals surface area (Å²) in [6.07, 6.45) is 5.89. The summed E-state index contributed by atoms with van der Waals surface area (Å²) < 4.78 is 0. The van der Waals surface area contributed by atoms with Crippen LogP contribution in [0.25, 0.3) is 0 Å². The lowest BCUT2D eigenvalue weighted by Gasteiger charge is -2.41. The molecule has 0 aromatic carbocycles. The summed E-state index contributed by atoms with van der Waals surface area (Å²) >= 11 is 0. The van der Waals surface area contributed by atoms with Gasteiger partial charge in [-0.3, -0.25) is 4.99 Å². The van der Waals surface area contributed by atoms with Crippen LogP contribution in [0.15, 0.2) is 17.3 Å². The number of allylic oxidation sites excluding steroid dienone is 1. The van der Waals surface area contributed by atoms with Crippen LogP contribution < -0.4 is 5.32 Å². The number of nitrogens with one attached hydrogen (secondary N) is 1. The highest BCUT2D eigenvalue weighted by atomic mass is 15.0. The van der Waals surface area contributed by atoms with E-state index in [4.69, 9.17) is 0 Å². The zero-order chi connectivity index (χ0) is 11.7. The largest absolute Gasteiger partial charge is 0.385 e. The van der Waals surface area contributed by atoms with Gasteiger partial charge in [0.25, 0.3) is 0 Å². The molecule has 1 rings (SSSR count). The third-order valence-corrected chi connectivity index (χ3v) is 2.84. The molecule has 1 aliphatic rings. The van der Waals surface area contributed by atoms with E-state index < -0.39 is 0 Å². The van der Waals surface area contributed by atoms with Crippen molar-refractivity contribution in [3.05, 3.63) is 12.3 Å². The Morgan fingerprint density at radius 2 is 1.60 bits per heavy atom. The average molecular weight is 208 g/mol. The van der Waals surface area contributed by atoms with Crippen LogP contribution in [0.1, 0.15) is 41.5 Å². The normalized spacial score (nSPS) is 27.3. The van der Waals surface area contributed by atoms with Crippen molar-refractivity contribution in [2.45, 2.75) is 53.6 Å². The Balaban J connectivity index is 2.99. The van der Waals surface area contributed by atoms with Crippen molar-refractivity contribution in [3.8, 4) is 0 Å². The molecule has 0 aliphatic carbocycles. The maximum Gasteiger partial charge on any atom is 0.0753 e. The summed E-state index contributed by atoms with van der Waals surface area (Å²) in [5.41, 5.74) is 0.400. The molecule has 1 heterocycles. The van der Waals surface area contributed by atoms with E-state index in [1.807, 2.05) is 18.5 Å². The third-order valence-electron chi connectivity index (χ3n) is 2.84. The van der Waals surface area contributed by atoms with E-state index in [0.29, 0.717) is 12.1 Å². The fourth-order valence-corrected chi connectivity index (χ4v) is 1.97. The quantitative estimate of drug-likeness (QED) is 0.650. The monoisotopic (exact) mass is 208 g/mol. The van der Waals surface area contributed by atoms with E-state index in [9.17, 15) is 0 Å². The highest BCUT2D eigenvalue weighted by Gasteiger charge is 2.38. The summed E-state index contributed by atoms with van der Waals surface area (Å²) in [5.74, 6) is 0. The van der Waals surface area contributed by atoms with Crippen molar-refractivity contribution in [2.75, 3.05) is 0 Å².